The summed E-state index contributed by atoms with van der Waals surface area (Å²) in [5.41, 5.74) is 4.11. The number of nitrogens with zero attached hydrogens (tertiary/aromatic N) is 2. The van der Waals surface area contributed by atoms with Crippen molar-refractivity contribution in [3.05, 3.63) is 94.6 Å². The van der Waals surface area contributed by atoms with Crippen LogP contribution in [-0.4, -0.2) is 25.0 Å². The lowest BCUT2D eigenvalue weighted by atomic mass is 10.0. The lowest BCUT2D eigenvalue weighted by Crippen LogP contribution is -2.29. The minimum atomic E-state index is -0.491. The molecule has 3 aromatic rings. The molecule has 1 heterocycles. The first-order valence-electron chi connectivity index (χ1n) is 12.0. The molecular weight excluding hydrogens is 452 g/mol. The highest BCUT2D eigenvalue weighted by Gasteiger charge is 2.26. The van der Waals surface area contributed by atoms with E-state index in [-0.39, 0.29) is 17.2 Å². The van der Waals surface area contributed by atoms with Gasteiger partial charge in [0.25, 0.3) is 5.91 Å². The van der Waals surface area contributed by atoms with Gasteiger partial charge in [0.2, 0.25) is 0 Å². The summed E-state index contributed by atoms with van der Waals surface area (Å²) in [4.78, 5) is 27.5. The van der Waals surface area contributed by atoms with Gasteiger partial charge in [-0.25, -0.2) is 4.79 Å². The molecular formula is C30H28N2O4. The predicted octanol–water partition coefficient (Wildman–Crippen LogP) is 5.92. The van der Waals surface area contributed by atoms with Crippen LogP contribution in [0.1, 0.15) is 53.7 Å². The fourth-order valence-electron chi connectivity index (χ4n) is 4.13. The van der Waals surface area contributed by atoms with Crippen LogP contribution < -0.4 is 14.4 Å². The van der Waals surface area contributed by atoms with Crippen LogP contribution in [0.5, 0.6) is 11.5 Å². The summed E-state index contributed by atoms with van der Waals surface area (Å²) in [7, 11) is 0. The van der Waals surface area contributed by atoms with E-state index in [0.717, 1.165) is 23.2 Å². The van der Waals surface area contributed by atoms with Crippen LogP contribution in [0.2, 0.25) is 0 Å². The van der Waals surface area contributed by atoms with Crippen LogP contribution in [0.15, 0.2) is 72.3 Å². The van der Waals surface area contributed by atoms with Crippen LogP contribution in [0.25, 0.3) is 6.08 Å². The van der Waals surface area contributed by atoms with Crippen molar-refractivity contribution >= 4 is 23.6 Å². The Morgan fingerprint density at radius 2 is 1.81 bits per heavy atom. The topological polar surface area (TPSA) is 79.6 Å². The zero-order valence-corrected chi connectivity index (χ0v) is 20.7. The van der Waals surface area contributed by atoms with E-state index in [1.54, 1.807) is 35.2 Å². The van der Waals surface area contributed by atoms with Crippen LogP contribution >= 0.6 is 0 Å². The molecule has 4 rings (SSSR count). The third-order valence-corrected chi connectivity index (χ3v) is 6.08. The fraction of sp³-hybridized carbons (Fsp3) is 0.233. The third-order valence-electron chi connectivity index (χ3n) is 6.08. The Bertz CT molecular complexity index is 1350. The zero-order valence-electron chi connectivity index (χ0n) is 20.7. The average molecular weight is 481 g/mol. The minimum absolute atomic E-state index is 0.0177. The average Bonchev–Trinajstić information content (AvgIpc) is 3.32. The number of carbonyl (C=O) groups is 2. The Labute approximate surface area is 211 Å². The Morgan fingerprint density at radius 3 is 2.50 bits per heavy atom. The molecule has 1 aliphatic heterocycles. The van der Waals surface area contributed by atoms with Crippen LogP contribution in [0.4, 0.5) is 5.69 Å². The summed E-state index contributed by atoms with van der Waals surface area (Å²) in [6, 6.07) is 22.0. The van der Waals surface area contributed by atoms with Gasteiger partial charge in [0, 0.05) is 12.2 Å². The molecule has 0 spiro atoms. The van der Waals surface area contributed by atoms with Gasteiger partial charge < -0.3 is 14.4 Å². The quantitative estimate of drug-likeness (QED) is 0.181. The van der Waals surface area contributed by atoms with Gasteiger partial charge in [0.15, 0.2) is 11.5 Å². The summed E-state index contributed by atoms with van der Waals surface area (Å²) < 4.78 is 11.3. The molecule has 0 aromatic heterocycles. The first-order chi connectivity index (χ1) is 17.4. The normalized spacial score (nSPS) is 12.8. The molecule has 6 nitrogen and oxygen atoms in total. The lowest BCUT2D eigenvalue weighted by Gasteiger charge is -2.17. The molecule has 6 heteroatoms. The predicted molar refractivity (Wildman–Crippen MR) is 139 cm³/mol. The molecule has 0 radical (unpaired) electrons. The van der Waals surface area contributed by atoms with Crippen LogP contribution in [-0.2, 0) is 11.2 Å². The van der Waals surface area contributed by atoms with Crippen molar-refractivity contribution in [1.82, 2.24) is 0 Å². The molecule has 1 amide bonds. The van der Waals surface area contributed by atoms with Gasteiger partial charge in [-0.05, 0) is 72.4 Å². The maximum Gasteiger partial charge on any atom is 0.343 e. The summed E-state index contributed by atoms with van der Waals surface area (Å²) >= 11 is 0. The van der Waals surface area contributed by atoms with Crippen LogP contribution in [0, 0.1) is 11.3 Å². The number of fused-ring (bicyclic) bond motifs is 1. The van der Waals surface area contributed by atoms with Gasteiger partial charge in [0.05, 0.1) is 12.2 Å². The summed E-state index contributed by atoms with van der Waals surface area (Å²) in [6.45, 7) is 6.90. The third kappa shape index (κ3) is 5.31. The van der Waals surface area contributed by atoms with E-state index in [0.29, 0.717) is 35.9 Å². The maximum absolute atomic E-state index is 13.1. The van der Waals surface area contributed by atoms with Gasteiger partial charge in [-0.2, -0.15) is 5.26 Å². The smallest absolute Gasteiger partial charge is 0.343 e. The summed E-state index contributed by atoms with van der Waals surface area (Å²) in [6.07, 6.45) is 2.29. The Kier molecular flexibility index (Phi) is 7.50. The summed E-state index contributed by atoms with van der Waals surface area (Å²) in [5.74, 6) is 0.154. The van der Waals surface area contributed by atoms with Crippen molar-refractivity contribution in [2.75, 3.05) is 18.1 Å². The van der Waals surface area contributed by atoms with E-state index in [4.69, 9.17) is 9.47 Å². The highest BCUT2D eigenvalue weighted by atomic mass is 16.6. The number of para-hydroxylation sites is 1. The fourth-order valence-corrected chi connectivity index (χ4v) is 4.13. The van der Waals surface area contributed by atoms with Gasteiger partial charge in [-0.3, -0.25) is 4.79 Å². The molecule has 36 heavy (non-hydrogen) atoms. The monoisotopic (exact) mass is 480 g/mol. The van der Waals surface area contributed by atoms with Crippen molar-refractivity contribution in [1.29, 1.82) is 5.26 Å². The van der Waals surface area contributed by atoms with E-state index < -0.39 is 5.97 Å². The second-order valence-corrected chi connectivity index (χ2v) is 8.81. The summed E-state index contributed by atoms with van der Waals surface area (Å²) in [5, 5.41) is 9.73. The van der Waals surface area contributed by atoms with Gasteiger partial charge in [-0.1, -0.05) is 50.2 Å². The largest absolute Gasteiger partial charge is 0.490 e. The van der Waals surface area contributed by atoms with Crippen molar-refractivity contribution in [3.63, 3.8) is 0 Å². The van der Waals surface area contributed by atoms with Gasteiger partial charge in [0.1, 0.15) is 11.6 Å². The second-order valence-electron chi connectivity index (χ2n) is 8.81. The number of anilines is 1. The molecule has 3 aromatic carbocycles. The number of nitriles is 1. The maximum atomic E-state index is 13.1. The van der Waals surface area contributed by atoms with Gasteiger partial charge >= 0.3 is 5.97 Å². The molecule has 0 saturated heterocycles. The number of ether oxygens (including phenoxy) is 2. The number of hydrogen-bond acceptors (Lipinski definition) is 5. The zero-order chi connectivity index (χ0) is 25.7. The first kappa shape index (κ1) is 24.7. The molecule has 182 valence electrons. The number of benzene rings is 3. The first-order valence-corrected chi connectivity index (χ1v) is 12.0. The van der Waals surface area contributed by atoms with Crippen molar-refractivity contribution in [2.45, 2.75) is 33.1 Å². The number of hydrogen-bond donors (Lipinski definition) is 0. The number of esters is 1. The molecule has 0 bridgehead atoms. The Morgan fingerprint density at radius 1 is 1.06 bits per heavy atom. The minimum Gasteiger partial charge on any atom is -0.490 e. The number of carbonyl (C=O) groups excluding carboxylic acids is 2. The van der Waals surface area contributed by atoms with E-state index in [1.807, 2.05) is 49.4 Å². The van der Waals surface area contributed by atoms with Crippen molar-refractivity contribution < 1.29 is 19.1 Å². The van der Waals surface area contributed by atoms with E-state index in [9.17, 15) is 14.9 Å². The van der Waals surface area contributed by atoms with Gasteiger partial charge in [-0.15, -0.1) is 0 Å². The SMILES string of the molecule is CCOc1cc(C=C(C#N)C(=O)N2CCc3ccccc32)ccc1OC(=O)c1ccc(C(C)C)cc1. The van der Waals surface area contributed by atoms with E-state index >= 15 is 0 Å². The molecule has 0 fully saturated rings. The Hall–Kier alpha value is -4.37. The molecule has 0 N–H and O–H groups in total. The highest BCUT2D eigenvalue weighted by Crippen LogP contribution is 2.32. The Balaban J connectivity index is 1.56. The molecule has 0 aliphatic carbocycles. The van der Waals surface area contributed by atoms with Crippen molar-refractivity contribution in [3.8, 4) is 17.6 Å². The van der Waals surface area contributed by atoms with Crippen molar-refractivity contribution in [2.24, 2.45) is 0 Å². The molecule has 0 atom stereocenters. The lowest BCUT2D eigenvalue weighted by molar-refractivity contribution is -0.114. The molecule has 1 aliphatic rings. The standard InChI is InChI=1S/C30H28N2O4/c1-4-35-28-18-21(9-14-27(28)36-30(34)24-12-10-22(11-13-24)20(2)3)17-25(19-31)29(33)32-16-15-23-7-5-6-8-26(23)32/h5-14,17-18,20H,4,15-16H2,1-3H3. The molecule has 0 unspecified atom stereocenters. The van der Waals surface area contributed by atoms with Crippen LogP contribution in [0.3, 0.4) is 0 Å². The second kappa shape index (κ2) is 10.9. The highest BCUT2D eigenvalue weighted by molar-refractivity contribution is 6.12. The van der Waals surface area contributed by atoms with E-state index in [2.05, 4.69) is 13.8 Å². The number of rotatable bonds is 7. The van der Waals surface area contributed by atoms with E-state index in [1.165, 1.54) is 6.08 Å². The number of amides is 1. The molecule has 0 saturated carbocycles.